The molecule has 1 fully saturated rings. The van der Waals surface area contributed by atoms with Gasteiger partial charge in [0.2, 0.25) is 10.0 Å². The first kappa shape index (κ1) is 19.2. The third-order valence-corrected chi connectivity index (χ3v) is 6.15. The number of sulfonamides is 1. The number of hydrogen-bond acceptors (Lipinski definition) is 5. The van der Waals surface area contributed by atoms with E-state index in [0.717, 1.165) is 18.4 Å². The molecular weight excluding hydrogens is 392 g/mol. The molecule has 4 N–H and O–H groups in total. The molecule has 29 heavy (non-hydrogen) atoms. The number of urea groups is 1. The van der Waals surface area contributed by atoms with Crippen LogP contribution in [0.4, 0.5) is 16.4 Å². The zero-order valence-electron chi connectivity index (χ0n) is 15.8. The second-order valence-corrected chi connectivity index (χ2v) is 9.01. The summed E-state index contributed by atoms with van der Waals surface area (Å²) in [6.07, 6.45) is 3.37. The average Bonchev–Trinajstić information content (AvgIpc) is 3.40. The van der Waals surface area contributed by atoms with Crippen LogP contribution in [0.25, 0.3) is 10.9 Å². The van der Waals surface area contributed by atoms with Crippen molar-refractivity contribution >= 4 is 38.6 Å². The minimum Gasteiger partial charge on any atom is -0.331 e. The number of aromatic nitrogens is 3. The molecule has 1 atom stereocenters. The Morgan fingerprint density at radius 1 is 1.28 bits per heavy atom. The molecule has 4 rings (SSSR count). The zero-order valence-corrected chi connectivity index (χ0v) is 16.7. The van der Waals surface area contributed by atoms with Gasteiger partial charge in [0.05, 0.1) is 22.7 Å². The lowest BCUT2D eigenvalue weighted by atomic mass is 10.1. The number of amides is 2. The van der Waals surface area contributed by atoms with Gasteiger partial charge in [-0.2, -0.15) is 5.10 Å². The maximum absolute atomic E-state index is 12.3. The monoisotopic (exact) mass is 414 g/mol. The molecule has 0 aliphatic heterocycles. The molecule has 0 saturated heterocycles. The van der Waals surface area contributed by atoms with Crippen molar-refractivity contribution in [2.24, 2.45) is 5.92 Å². The van der Waals surface area contributed by atoms with E-state index in [1.54, 1.807) is 6.07 Å². The van der Waals surface area contributed by atoms with E-state index < -0.39 is 16.1 Å². The minimum atomic E-state index is -3.44. The summed E-state index contributed by atoms with van der Waals surface area (Å²) in [6, 6.07) is 10.7. The third kappa shape index (κ3) is 4.83. The molecule has 1 unspecified atom stereocenters. The smallest absolute Gasteiger partial charge is 0.320 e. The SMILES string of the molecule is CC(NC(=O)Nc1cc2[nH]nc(NS(=O)(=O)CC3CC3)c2cn1)c1ccccc1. The highest BCUT2D eigenvalue weighted by atomic mass is 32.2. The number of hydrogen-bond donors (Lipinski definition) is 4. The molecule has 152 valence electrons. The van der Waals surface area contributed by atoms with E-state index in [0.29, 0.717) is 16.7 Å². The Labute approximate surface area is 168 Å². The number of carbonyl (C=O) groups is 1. The van der Waals surface area contributed by atoms with Crippen LogP contribution in [0.3, 0.4) is 0 Å². The predicted molar refractivity (Wildman–Crippen MR) is 111 cm³/mol. The van der Waals surface area contributed by atoms with Gasteiger partial charge in [0.25, 0.3) is 0 Å². The Morgan fingerprint density at radius 3 is 2.76 bits per heavy atom. The molecule has 9 nitrogen and oxygen atoms in total. The van der Waals surface area contributed by atoms with Crippen molar-refractivity contribution in [1.82, 2.24) is 20.5 Å². The Hall–Kier alpha value is -3.14. The van der Waals surface area contributed by atoms with Gasteiger partial charge in [-0.25, -0.2) is 18.2 Å². The van der Waals surface area contributed by atoms with E-state index in [1.807, 2.05) is 37.3 Å². The number of aromatic amines is 1. The van der Waals surface area contributed by atoms with Crippen LogP contribution in [0.2, 0.25) is 0 Å². The number of nitrogens with zero attached hydrogens (tertiary/aromatic N) is 2. The molecule has 2 aromatic heterocycles. The first-order valence-electron chi connectivity index (χ1n) is 9.37. The third-order valence-electron chi connectivity index (χ3n) is 4.74. The highest BCUT2D eigenvalue weighted by Gasteiger charge is 2.28. The second-order valence-electron chi connectivity index (χ2n) is 7.25. The quantitative estimate of drug-likeness (QED) is 0.472. The van der Waals surface area contributed by atoms with Crippen molar-refractivity contribution in [2.45, 2.75) is 25.8 Å². The van der Waals surface area contributed by atoms with Crippen LogP contribution in [0.5, 0.6) is 0 Å². The first-order valence-corrected chi connectivity index (χ1v) is 11.0. The van der Waals surface area contributed by atoms with Gasteiger partial charge in [-0.05, 0) is 31.2 Å². The number of fused-ring (bicyclic) bond motifs is 1. The summed E-state index contributed by atoms with van der Waals surface area (Å²) >= 11 is 0. The summed E-state index contributed by atoms with van der Waals surface area (Å²) < 4.78 is 26.9. The lowest BCUT2D eigenvalue weighted by Crippen LogP contribution is -2.31. The summed E-state index contributed by atoms with van der Waals surface area (Å²) in [6.45, 7) is 1.89. The molecule has 2 amide bonds. The van der Waals surface area contributed by atoms with Crippen LogP contribution in [-0.2, 0) is 10.0 Å². The highest BCUT2D eigenvalue weighted by Crippen LogP contribution is 2.31. The van der Waals surface area contributed by atoms with Gasteiger partial charge >= 0.3 is 6.03 Å². The topological polar surface area (TPSA) is 129 Å². The Bertz CT molecular complexity index is 1130. The van der Waals surface area contributed by atoms with E-state index in [9.17, 15) is 13.2 Å². The minimum absolute atomic E-state index is 0.105. The molecule has 2 heterocycles. The second kappa shape index (κ2) is 7.70. The van der Waals surface area contributed by atoms with Crippen molar-refractivity contribution in [2.75, 3.05) is 15.8 Å². The molecule has 0 bridgehead atoms. The number of carbonyl (C=O) groups excluding carboxylic acids is 1. The molecular formula is C19H22N6O3S. The lowest BCUT2D eigenvalue weighted by Gasteiger charge is -2.14. The average molecular weight is 414 g/mol. The van der Waals surface area contributed by atoms with E-state index >= 15 is 0 Å². The van der Waals surface area contributed by atoms with Gasteiger partial charge < -0.3 is 5.32 Å². The van der Waals surface area contributed by atoms with E-state index in [1.165, 1.54) is 6.20 Å². The fourth-order valence-corrected chi connectivity index (χ4v) is 4.50. The molecule has 1 aromatic carbocycles. The predicted octanol–water partition coefficient (Wildman–Crippen LogP) is 2.99. The summed E-state index contributed by atoms with van der Waals surface area (Å²) in [5, 5.41) is 12.9. The van der Waals surface area contributed by atoms with Gasteiger partial charge in [0, 0.05) is 12.3 Å². The maximum Gasteiger partial charge on any atom is 0.320 e. The van der Waals surface area contributed by atoms with Gasteiger partial charge in [-0.15, -0.1) is 0 Å². The number of anilines is 2. The van der Waals surface area contributed by atoms with Gasteiger partial charge in [0.15, 0.2) is 5.82 Å². The largest absolute Gasteiger partial charge is 0.331 e. The summed E-state index contributed by atoms with van der Waals surface area (Å²) in [5.41, 5.74) is 1.55. The zero-order chi connectivity index (χ0) is 20.4. The first-order chi connectivity index (χ1) is 13.9. The van der Waals surface area contributed by atoms with Crippen LogP contribution in [0.15, 0.2) is 42.6 Å². The van der Waals surface area contributed by atoms with Crippen LogP contribution >= 0.6 is 0 Å². The summed E-state index contributed by atoms with van der Waals surface area (Å²) in [4.78, 5) is 16.5. The lowest BCUT2D eigenvalue weighted by molar-refractivity contribution is 0.249. The number of pyridine rings is 1. The molecule has 3 aromatic rings. The molecule has 0 radical (unpaired) electrons. The fraction of sp³-hybridized carbons (Fsp3) is 0.316. The molecule has 10 heteroatoms. The Kier molecular flexibility index (Phi) is 5.10. The molecule has 1 aliphatic rings. The highest BCUT2D eigenvalue weighted by molar-refractivity contribution is 7.92. The van der Waals surface area contributed by atoms with Crippen LogP contribution in [-0.4, -0.2) is 35.4 Å². The fourth-order valence-electron chi connectivity index (χ4n) is 3.02. The Morgan fingerprint density at radius 2 is 2.03 bits per heavy atom. The maximum atomic E-state index is 12.3. The number of H-pyrrole nitrogens is 1. The van der Waals surface area contributed by atoms with Crippen LogP contribution in [0, 0.1) is 5.92 Å². The van der Waals surface area contributed by atoms with Gasteiger partial charge in [0.1, 0.15) is 5.82 Å². The van der Waals surface area contributed by atoms with Crippen molar-refractivity contribution in [1.29, 1.82) is 0 Å². The molecule has 1 saturated carbocycles. The van der Waals surface area contributed by atoms with Gasteiger partial charge in [-0.1, -0.05) is 30.3 Å². The summed E-state index contributed by atoms with van der Waals surface area (Å²) in [5.74, 6) is 0.880. The normalized spacial score (nSPS) is 15.1. The van der Waals surface area contributed by atoms with Crippen molar-refractivity contribution < 1.29 is 13.2 Å². The van der Waals surface area contributed by atoms with E-state index in [-0.39, 0.29) is 23.5 Å². The van der Waals surface area contributed by atoms with E-state index in [4.69, 9.17) is 0 Å². The van der Waals surface area contributed by atoms with Crippen molar-refractivity contribution in [3.8, 4) is 0 Å². The van der Waals surface area contributed by atoms with Crippen LogP contribution in [0.1, 0.15) is 31.4 Å². The Balaban J connectivity index is 1.42. The number of rotatable bonds is 7. The standard InChI is InChI=1S/C19H22N6O3S/c1-12(14-5-3-2-4-6-14)21-19(26)22-17-9-16-15(10-20-17)18(24-23-16)25-29(27,28)11-13-7-8-13/h2-6,9-10,12-13H,7-8,11H2,1H3,(H2,23,24,25)(H2,20,21,22,26). The number of nitrogens with one attached hydrogen (secondary N) is 4. The molecule has 1 aliphatic carbocycles. The number of benzene rings is 1. The molecule has 0 spiro atoms. The van der Waals surface area contributed by atoms with Crippen molar-refractivity contribution in [3.63, 3.8) is 0 Å². The van der Waals surface area contributed by atoms with E-state index in [2.05, 4.69) is 30.5 Å². The van der Waals surface area contributed by atoms with Crippen LogP contribution < -0.4 is 15.4 Å². The van der Waals surface area contributed by atoms with Crippen molar-refractivity contribution in [3.05, 3.63) is 48.2 Å². The summed E-state index contributed by atoms with van der Waals surface area (Å²) in [7, 11) is -3.44. The van der Waals surface area contributed by atoms with Gasteiger partial charge in [-0.3, -0.25) is 15.1 Å².